The van der Waals surface area contributed by atoms with Gasteiger partial charge >= 0.3 is 0 Å². The summed E-state index contributed by atoms with van der Waals surface area (Å²) in [6, 6.07) is 7.31. The molecule has 0 atom stereocenters. The second kappa shape index (κ2) is 6.33. The Morgan fingerprint density at radius 2 is 1.88 bits per heavy atom. The predicted octanol–water partition coefficient (Wildman–Crippen LogP) is 3.08. The molecule has 4 rings (SSSR count). The lowest BCUT2D eigenvalue weighted by atomic mass is 10.1. The Balaban J connectivity index is 1.65. The van der Waals surface area contributed by atoms with Crippen molar-refractivity contribution in [3.63, 3.8) is 0 Å². The van der Waals surface area contributed by atoms with Crippen molar-refractivity contribution in [2.45, 2.75) is 25.7 Å². The molecule has 2 aromatic heterocycles. The van der Waals surface area contributed by atoms with Gasteiger partial charge in [0.15, 0.2) is 0 Å². The van der Waals surface area contributed by atoms with Crippen molar-refractivity contribution in [1.82, 2.24) is 25.1 Å². The minimum Gasteiger partial charge on any atom is -0.419 e. The average molecular weight is 349 g/mol. The molecule has 3 aromatic rings. The van der Waals surface area contributed by atoms with Gasteiger partial charge in [-0.15, -0.1) is 10.2 Å². The molecular formula is C19H19N5O2. The van der Waals surface area contributed by atoms with Gasteiger partial charge < -0.3 is 9.32 Å². The number of nitrogens with zero attached hydrogens (tertiary/aromatic N) is 5. The highest BCUT2D eigenvalue weighted by atomic mass is 16.4. The fourth-order valence-corrected chi connectivity index (χ4v) is 2.66. The van der Waals surface area contributed by atoms with E-state index >= 15 is 0 Å². The van der Waals surface area contributed by atoms with Crippen molar-refractivity contribution in [1.29, 1.82) is 0 Å². The fraction of sp³-hybridized carbons (Fsp3) is 0.316. The molecule has 0 radical (unpaired) electrons. The Morgan fingerprint density at radius 3 is 2.54 bits per heavy atom. The number of hydrogen-bond donors (Lipinski definition) is 0. The largest absolute Gasteiger partial charge is 0.419 e. The van der Waals surface area contributed by atoms with Gasteiger partial charge in [-0.2, -0.15) is 0 Å². The molecule has 1 aromatic carbocycles. The number of carbonyl (C=O) groups is 1. The molecule has 1 amide bonds. The summed E-state index contributed by atoms with van der Waals surface area (Å²) in [6.45, 7) is 1.87. The number of hydrogen-bond acceptors (Lipinski definition) is 6. The molecule has 7 nitrogen and oxygen atoms in total. The zero-order chi connectivity index (χ0) is 18.3. The lowest BCUT2D eigenvalue weighted by molar-refractivity contribution is 0.0827. The smallest absolute Gasteiger partial charge is 0.268 e. The summed E-state index contributed by atoms with van der Waals surface area (Å²) in [4.78, 5) is 22.6. The SMILES string of the molecule is Cc1ncc(-c2ccc(C(=O)N(C)C)cc2)nc1-c1nnc(C2CC2)o1. The second-order valence-electron chi connectivity index (χ2n) is 6.69. The van der Waals surface area contributed by atoms with Crippen LogP contribution in [0.2, 0.25) is 0 Å². The van der Waals surface area contributed by atoms with Crippen molar-refractivity contribution in [2.24, 2.45) is 0 Å². The van der Waals surface area contributed by atoms with Crippen molar-refractivity contribution >= 4 is 5.91 Å². The van der Waals surface area contributed by atoms with Crippen LogP contribution < -0.4 is 0 Å². The van der Waals surface area contributed by atoms with Gasteiger partial charge in [0.25, 0.3) is 11.8 Å². The van der Waals surface area contributed by atoms with Gasteiger partial charge in [0.05, 0.1) is 17.6 Å². The third-order valence-corrected chi connectivity index (χ3v) is 4.36. The van der Waals surface area contributed by atoms with Crippen LogP contribution >= 0.6 is 0 Å². The van der Waals surface area contributed by atoms with Crippen molar-refractivity contribution in [3.05, 3.63) is 47.6 Å². The standard InChI is InChI=1S/C19H19N5O2/c1-11-16(18-23-22-17(26-18)13-6-7-13)21-15(10-20-11)12-4-8-14(9-5-12)19(25)24(2)3/h4-5,8-10,13H,6-7H2,1-3H3. The minimum absolute atomic E-state index is 0.0364. The van der Waals surface area contributed by atoms with Crippen LogP contribution in [0.5, 0.6) is 0 Å². The molecule has 0 saturated heterocycles. The third kappa shape index (κ3) is 3.08. The lowest BCUT2D eigenvalue weighted by Gasteiger charge is -2.10. The molecule has 26 heavy (non-hydrogen) atoms. The first-order valence-corrected chi connectivity index (χ1v) is 8.52. The topological polar surface area (TPSA) is 85.0 Å². The minimum atomic E-state index is -0.0364. The molecule has 132 valence electrons. The zero-order valence-electron chi connectivity index (χ0n) is 14.9. The summed E-state index contributed by atoms with van der Waals surface area (Å²) < 4.78 is 5.77. The van der Waals surface area contributed by atoms with Crippen LogP contribution in [0.25, 0.3) is 22.8 Å². The van der Waals surface area contributed by atoms with E-state index in [1.54, 1.807) is 37.3 Å². The number of amides is 1. The van der Waals surface area contributed by atoms with E-state index in [1.807, 2.05) is 19.1 Å². The van der Waals surface area contributed by atoms with Crippen LogP contribution in [0.15, 0.2) is 34.9 Å². The molecule has 0 spiro atoms. The molecule has 0 aliphatic heterocycles. The van der Waals surface area contributed by atoms with E-state index in [0.717, 1.165) is 24.1 Å². The van der Waals surface area contributed by atoms with E-state index in [-0.39, 0.29) is 5.91 Å². The maximum atomic E-state index is 12.0. The first-order valence-electron chi connectivity index (χ1n) is 8.52. The molecule has 1 fully saturated rings. The van der Waals surface area contributed by atoms with Gasteiger partial charge in [-0.3, -0.25) is 9.78 Å². The highest BCUT2D eigenvalue weighted by molar-refractivity contribution is 5.94. The van der Waals surface area contributed by atoms with Gasteiger partial charge in [-0.05, 0) is 31.9 Å². The van der Waals surface area contributed by atoms with Crippen LogP contribution in [-0.2, 0) is 0 Å². The van der Waals surface area contributed by atoms with Gasteiger partial charge in [0.1, 0.15) is 5.69 Å². The van der Waals surface area contributed by atoms with E-state index in [9.17, 15) is 4.79 Å². The van der Waals surface area contributed by atoms with Crippen molar-refractivity contribution < 1.29 is 9.21 Å². The molecular weight excluding hydrogens is 330 g/mol. The van der Waals surface area contributed by atoms with Gasteiger partial charge in [-0.25, -0.2) is 4.98 Å². The first-order chi connectivity index (χ1) is 12.5. The van der Waals surface area contributed by atoms with Gasteiger partial charge in [0, 0.05) is 31.1 Å². The summed E-state index contributed by atoms with van der Waals surface area (Å²) in [7, 11) is 3.46. The Hall–Kier alpha value is -3.09. The predicted molar refractivity (Wildman–Crippen MR) is 95.5 cm³/mol. The zero-order valence-corrected chi connectivity index (χ0v) is 14.9. The normalized spacial score (nSPS) is 13.7. The van der Waals surface area contributed by atoms with Crippen LogP contribution in [0.1, 0.15) is 40.7 Å². The van der Waals surface area contributed by atoms with Crippen LogP contribution in [0.3, 0.4) is 0 Å². The molecule has 1 aliphatic carbocycles. The first kappa shape index (κ1) is 16.4. The molecule has 0 bridgehead atoms. The molecule has 1 saturated carbocycles. The van der Waals surface area contributed by atoms with E-state index in [2.05, 4.69) is 20.2 Å². The summed E-state index contributed by atoms with van der Waals surface area (Å²) in [5.41, 5.74) is 3.52. The Labute approximate surface area is 151 Å². The Kier molecular flexibility index (Phi) is 3.99. The monoisotopic (exact) mass is 349 g/mol. The number of rotatable bonds is 4. The van der Waals surface area contributed by atoms with Crippen molar-refractivity contribution in [3.8, 4) is 22.8 Å². The molecule has 7 heteroatoms. The molecule has 1 aliphatic rings. The van der Waals surface area contributed by atoms with Gasteiger partial charge in [0.2, 0.25) is 5.89 Å². The number of aryl methyl sites for hydroxylation is 1. The highest BCUT2D eigenvalue weighted by Gasteiger charge is 2.30. The number of benzene rings is 1. The van der Waals surface area contributed by atoms with E-state index in [4.69, 9.17) is 4.42 Å². The maximum absolute atomic E-state index is 12.0. The summed E-state index contributed by atoms with van der Waals surface area (Å²) in [5.74, 6) is 1.44. The number of carbonyl (C=O) groups excluding carboxylic acids is 1. The summed E-state index contributed by atoms with van der Waals surface area (Å²) in [5, 5.41) is 8.25. The summed E-state index contributed by atoms with van der Waals surface area (Å²) >= 11 is 0. The van der Waals surface area contributed by atoms with Crippen LogP contribution in [0.4, 0.5) is 0 Å². The molecule has 0 unspecified atom stereocenters. The molecule has 0 N–H and O–H groups in total. The van der Waals surface area contributed by atoms with E-state index in [0.29, 0.717) is 34.7 Å². The number of aromatic nitrogens is 4. The van der Waals surface area contributed by atoms with Crippen LogP contribution in [-0.4, -0.2) is 45.1 Å². The quantitative estimate of drug-likeness (QED) is 0.719. The molecule has 2 heterocycles. The Bertz CT molecular complexity index is 958. The lowest BCUT2D eigenvalue weighted by Crippen LogP contribution is -2.21. The van der Waals surface area contributed by atoms with Crippen LogP contribution in [0, 0.1) is 6.92 Å². The van der Waals surface area contributed by atoms with E-state index < -0.39 is 0 Å². The van der Waals surface area contributed by atoms with E-state index in [1.165, 1.54) is 0 Å². The Morgan fingerprint density at radius 1 is 1.15 bits per heavy atom. The third-order valence-electron chi connectivity index (χ3n) is 4.36. The van der Waals surface area contributed by atoms with Crippen molar-refractivity contribution in [2.75, 3.05) is 14.1 Å². The maximum Gasteiger partial charge on any atom is 0.268 e. The second-order valence-corrected chi connectivity index (χ2v) is 6.69. The fourth-order valence-electron chi connectivity index (χ4n) is 2.66. The highest BCUT2D eigenvalue weighted by Crippen LogP contribution is 2.40. The average Bonchev–Trinajstić information content (AvgIpc) is 3.39. The summed E-state index contributed by atoms with van der Waals surface area (Å²) in [6.07, 6.45) is 3.91. The van der Waals surface area contributed by atoms with Gasteiger partial charge in [-0.1, -0.05) is 12.1 Å².